The molecule has 16 heavy (non-hydrogen) atoms. The number of carboxylic acids is 1. The van der Waals surface area contributed by atoms with E-state index in [1.54, 1.807) is 0 Å². The number of rotatable bonds is 2. The van der Waals surface area contributed by atoms with Gasteiger partial charge in [-0.2, -0.15) is 0 Å². The lowest BCUT2D eigenvalue weighted by molar-refractivity contribution is -0.180. The second-order valence-corrected chi connectivity index (χ2v) is 4.82. The van der Waals surface area contributed by atoms with Crippen molar-refractivity contribution in [2.24, 2.45) is 5.73 Å². The molecule has 92 valence electrons. The summed E-state index contributed by atoms with van der Waals surface area (Å²) in [5, 5.41) is 13.4. The molecule has 5 heteroatoms. The zero-order chi connectivity index (χ0) is 11.6. The normalized spacial score (nSPS) is 33.8. The number of nitrogens with two attached hydrogens (primary N) is 1. The van der Waals surface area contributed by atoms with Gasteiger partial charge in [0, 0.05) is 19.6 Å². The van der Waals surface area contributed by atoms with Crippen LogP contribution < -0.4 is 5.73 Å². The zero-order valence-electron chi connectivity index (χ0n) is 9.69. The van der Waals surface area contributed by atoms with Gasteiger partial charge in [-0.25, -0.2) is 14.8 Å². The predicted octanol–water partition coefficient (Wildman–Crippen LogP) is 0.613. The first-order chi connectivity index (χ1) is 7.64. The number of hydrogen-bond donors (Lipinski definition) is 2. The number of nitrogens with zero attached hydrogens (tertiary/aromatic N) is 2. The Morgan fingerprint density at radius 2 is 1.69 bits per heavy atom. The Kier molecular flexibility index (Phi) is 3.47. The Labute approximate surface area is 96.2 Å². The first-order valence-electron chi connectivity index (χ1n) is 6.19. The van der Waals surface area contributed by atoms with Crippen molar-refractivity contribution in [1.82, 2.24) is 10.0 Å². The van der Waals surface area contributed by atoms with E-state index in [1.165, 1.54) is 6.42 Å². The van der Waals surface area contributed by atoms with Crippen LogP contribution in [0.1, 0.15) is 38.5 Å². The van der Waals surface area contributed by atoms with E-state index in [9.17, 15) is 9.90 Å². The second-order valence-electron chi connectivity index (χ2n) is 4.82. The molecule has 0 aromatic heterocycles. The number of hydrazine groups is 1. The monoisotopic (exact) mass is 227 g/mol. The van der Waals surface area contributed by atoms with E-state index in [0.717, 1.165) is 45.3 Å². The minimum atomic E-state index is -1.17. The molecule has 2 heterocycles. The Balaban J connectivity index is 2.12. The van der Waals surface area contributed by atoms with Crippen LogP contribution in [0.2, 0.25) is 0 Å². The van der Waals surface area contributed by atoms with Gasteiger partial charge >= 0.3 is 5.97 Å². The topological polar surface area (TPSA) is 69.8 Å². The number of aliphatic carboxylic acids is 1. The summed E-state index contributed by atoms with van der Waals surface area (Å²) in [7, 11) is 0. The molecule has 3 N–H and O–H groups in total. The lowest BCUT2D eigenvalue weighted by Crippen LogP contribution is -2.69. The summed E-state index contributed by atoms with van der Waals surface area (Å²) in [4.78, 5) is 11.3. The van der Waals surface area contributed by atoms with Crippen molar-refractivity contribution in [3.63, 3.8) is 0 Å². The fraction of sp³-hybridized carbons (Fsp3) is 0.909. The third-order valence-electron chi connectivity index (χ3n) is 3.68. The van der Waals surface area contributed by atoms with E-state index in [4.69, 9.17) is 5.73 Å². The van der Waals surface area contributed by atoms with E-state index in [0.29, 0.717) is 6.42 Å². The molecule has 0 aromatic rings. The smallest absolute Gasteiger partial charge is 0.340 e. The molecular weight excluding hydrogens is 206 g/mol. The molecule has 2 aliphatic rings. The van der Waals surface area contributed by atoms with Gasteiger partial charge in [-0.3, -0.25) is 0 Å². The SMILES string of the molecule is NC1(C(=O)O)CCCCN1N1CCCCC1. The average Bonchev–Trinajstić information content (AvgIpc) is 2.30. The largest absolute Gasteiger partial charge is 0.479 e. The molecule has 2 aliphatic heterocycles. The minimum Gasteiger partial charge on any atom is -0.479 e. The molecule has 0 aliphatic carbocycles. The molecule has 1 unspecified atom stereocenters. The standard InChI is InChI=1S/C11H21N3O2/c12-11(10(15)16)6-2-5-9-14(11)13-7-3-1-4-8-13/h1-9,12H2,(H,15,16). The first kappa shape index (κ1) is 11.8. The van der Waals surface area contributed by atoms with Crippen LogP contribution in [0.25, 0.3) is 0 Å². The highest BCUT2D eigenvalue weighted by atomic mass is 16.4. The van der Waals surface area contributed by atoms with Crippen LogP contribution >= 0.6 is 0 Å². The fourth-order valence-electron chi connectivity index (χ4n) is 2.71. The maximum atomic E-state index is 11.3. The second kappa shape index (κ2) is 4.69. The summed E-state index contributed by atoms with van der Waals surface area (Å²) < 4.78 is 0. The molecule has 0 spiro atoms. The van der Waals surface area contributed by atoms with E-state index in [-0.39, 0.29) is 0 Å². The van der Waals surface area contributed by atoms with Gasteiger partial charge in [-0.05, 0) is 32.1 Å². The van der Waals surface area contributed by atoms with Crippen LogP contribution in [0.5, 0.6) is 0 Å². The Hall–Kier alpha value is -0.650. The van der Waals surface area contributed by atoms with Crippen LogP contribution in [0.15, 0.2) is 0 Å². The van der Waals surface area contributed by atoms with Gasteiger partial charge in [-0.15, -0.1) is 0 Å². The summed E-state index contributed by atoms with van der Waals surface area (Å²) in [6, 6.07) is 0. The van der Waals surface area contributed by atoms with Crippen molar-refractivity contribution in [3.8, 4) is 0 Å². The molecule has 0 aromatic carbocycles. The van der Waals surface area contributed by atoms with E-state index in [2.05, 4.69) is 5.01 Å². The van der Waals surface area contributed by atoms with E-state index < -0.39 is 11.6 Å². The zero-order valence-corrected chi connectivity index (χ0v) is 9.69. The quantitative estimate of drug-likeness (QED) is 0.723. The predicted molar refractivity (Wildman–Crippen MR) is 60.5 cm³/mol. The van der Waals surface area contributed by atoms with Crippen LogP contribution in [0.3, 0.4) is 0 Å². The van der Waals surface area contributed by atoms with Crippen molar-refractivity contribution in [2.75, 3.05) is 19.6 Å². The van der Waals surface area contributed by atoms with Crippen LogP contribution in [-0.2, 0) is 4.79 Å². The molecular formula is C11H21N3O2. The minimum absolute atomic E-state index is 0.554. The van der Waals surface area contributed by atoms with Crippen LogP contribution in [0.4, 0.5) is 0 Å². The summed E-state index contributed by atoms with van der Waals surface area (Å²) in [5.41, 5.74) is 4.89. The Morgan fingerprint density at radius 3 is 2.31 bits per heavy atom. The lowest BCUT2D eigenvalue weighted by atomic mass is 9.97. The van der Waals surface area contributed by atoms with Crippen molar-refractivity contribution < 1.29 is 9.90 Å². The molecule has 5 nitrogen and oxygen atoms in total. The van der Waals surface area contributed by atoms with Crippen molar-refractivity contribution >= 4 is 5.97 Å². The summed E-state index contributed by atoms with van der Waals surface area (Å²) in [6.45, 7) is 2.68. The molecule has 2 rings (SSSR count). The van der Waals surface area contributed by atoms with Gasteiger partial charge in [0.25, 0.3) is 0 Å². The molecule has 0 amide bonds. The lowest BCUT2D eigenvalue weighted by Gasteiger charge is -2.48. The van der Waals surface area contributed by atoms with Gasteiger partial charge < -0.3 is 10.8 Å². The summed E-state index contributed by atoms with van der Waals surface area (Å²) >= 11 is 0. The maximum absolute atomic E-state index is 11.3. The van der Waals surface area contributed by atoms with Crippen molar-refractivity contribution in [3.05, 3.63) is 0 Å². The summed E-state index contributed by atoms with van der Waals surface area (Å²) in [6.07, 6.45) is 6.04. The molecule has 0 bridgehead atoms. The fourth-order valence-corrected chi connectivity index (χ4v) is 2.71. The average molecular weight is 227 g/mol. The number of hydrogen-bond acceptors (Lipinski definition) is 4. The molecule has 2 fully saturated rings. The van der Waals surface area contributed by atoms with Crippen molar-refractivity contribution in [2.45, 2.75) is 44.2 Å². The molecule has 0 saturated carbocycles. The van der Waals surface area contributed by atoms with Crippen LogP contribution in [0, 0.1) is 0 Å². The third kappa shape index (κ3) is 2.07. The number of carbonyl (C=O) groups is 1. The highest BCUT2D eigenvalue weighted by Gasteiger charge is 2.45. The van der Waals surface area contributed by atoms with E-state index in [1.807, 2.05) is 5.01 Å². The maximum Gasteiger partial charge on any atom is 0.340 e. The van der Waals surface area contributed by atoms with E-state index >= 15 is 0 Å². The summed E-state index contributed by atoms with van der Waals surface area (Å²) in [5.74, 6) is -0.891. The molecule has 2 saturated heterocycles. The molecule has 0 radical (unpaired) electrons. The number of carboxylic acid groups (broad SMARTS) is 1. The van der Waals surface area contributed by atoms with Gasteiger partial charge in [0.1, 0.15) is 0 Å². The van der Waals surface area contributed by atoms with Gasteiger partial charge in [0.05, 0.1) is 0 Å². The Bertz CT molecular complexity index is 266. The van der Waals surface area contributed by atoms with Crippen molar-refractivity contribution in [1.29, 1.82) is 0 Å². The third-order valence-corrected chi connectivity index (χ3v) is 3.68. The first-order valence-corrected chi connectivity index (χ1v) is 6.19. The highest BCUT2D eigenvalue weighted by molar-refractivity contribution is 5.77. The number of piperidine rings is 2. The molecule has 1 atom stereocenters. The van der Waals surface area contributed by atoms with Gasteiger partial charge in [-0.1, -0.05) is 6.42 Å². The highest BCUT2D eigenvalue weighted by Crippen LogP contribution is 2.27. The van der Waals surface area contributed by atoms with Crippen LogP contribution in [-0.4, -0.2) is 46.4 Å². The van der Waals surface area contributed by atoms with Gasteiger partial charge in [0.2, 0.25) is 0 Å². The van der Waals surface area contributed by atoms with Gasteiger partial charge in [0.15, 0.2) is 5.66 Å². The Morgan fingerprint density at radius 1 is 1.06 bits per heavy atom.